The second-order valence-electron chi connectivity index (χ2n) is 2.77. The number of isocyanates is 1. The summed E-state index contributed by atoms with van der Waals surface area (Å²) in [5.74, 6) is 0. The van der Waals surface area contributed by atoms with Crippen LogP contribution in [0.25, 0.3) is 10.9 Å². The van der Waals surface area contributed by atoms with E-state index in [1.54, 1.807) is 18.2 Å². The minimum Gasteiger partial charge on any atom is -0.322 e. The summed E-state index contributed by atoms with van der Waals surface area (Å²) >= 11 is 0. The maximum atomic E-state index is 11.1. The van der Waals surface area contributed by atoms with Gasteiger partial charge in [0.05, 0.1) is 11.2 Å². The number of pyridine rings is 1. The number of nitrogens with zero attached hydrogens (tertiary/aromatic N) is 1. The zero-order chi connectivity index (χ0) is 9.97. The molecule has 68 valence electrons. The molecule has 0 bridgehead atoms. The third kappa shape index (κ3) is 1.34. The Kier molecular flexibility index (Phi) is 1.97. The van der Waals surface area contributed by atoms with Crippen LogP contribution >= 0.6 is 0 Å². The highest BCUT2D eigenvalue weighted by Gasteiger charge is 2.00. The van der Waals surface area contributed by atoms with Gasteiger partial charge < -0.3 is 4.98 Å². The Hall–Kier alpha value is -2.19. The topological polar surface area (TPSA) is 62.3 Å². The van der Waals surface area contributed by atoms with E-state index in [0.717, 1.165) is 5.39 Å². The monoisotopic (exact) mass is 186 g/mol. The average Bonchev–Trinajstić information content (AvgIpc) is 2.18. The Morgan fingerprint density at radius 1 is 1.29 bits per heavy atom. The van der Waals surface area contributed by atoms with Gasteiger partial charge in [0.25, 0.3) is 5.56 Å². The number of fused-ring (bicyclic) bond motifs is 1. The summed E-state index contributed by atoms with van der Waals surface area (Å²) in [5, 5.41) is 0.732. The molecule has 0 amide bonds. The van der Waals surface area contributed by atoms with E-state index in [0.29, 0.717) is 11.2 Å². The van der Waals surface area contributed by atoms with E-state index in [1.807, 2.05) is 6.07 Å². The van der Waals surface area contributed by atoms with Crippen molar-refractivity contribution in [3.05, 3.63) is 40.7 Å². The first-order chi connectivity index (χ1) is 6.81. The maximum Gasteiger partial charge on any atom is 0.250 e. The molecule has 1 heterocycles. The van der Waals surface area contributed by atoms with E-state index in [1.165, 1.54) is 12.1 Å². The minimum absolute atomic E-state index is 0.280. The lowest BCUT2D eigenvalue weighted by atomic mass is 10.2. The van der Waals surface area contributed by atoms with Gasteiger partial charge in [0.15, 0.2) is 0 Å². The molecule has 0 saturated heterocycles. The molecule has 0 radical (unpaired) electrons. The van der Waals surface area contributed by atoms with Crippen molar-refractivity contribution in [1.82, 2.24) is 4.98 Å². The van der Waals surface area contributed by atoms with Gasteiger partial charge in [-0.2, -0.15) is 4.99 Å². The van der Waals surface area contributed by atoms with Crippen LogP contribution in [0.15, 0.2) is 40.1 Å². The Labute approximate surface area is 78.9 Å². The van der Waals surface area contributed by atoms with Crippen LogP contribution in [0.2, 0.25) is 0 Å². The lowest BCUT2D eigenvalue weighted by Gasteiger charge is -1.98. The second kappa shape index (κ2) is 3.28. The fraction of sp³-hybridized carbons (Fsp3) is 0. The summed E-state index contributed by atoms with van der Waals surface area (Å²) in [6.45, 7) is 0. The van der Waals surface area contributed by atoms with Gasteiger partial charge in [0.2, 0.25) is 6.08 Å². The molecular weight excluding hydrogens is 180 g/mol. The third-order valence-corrected chi connectivity index (χ3v) is 1.89. The van der Waals surface area contributed by atoms with Gasteiger partial charge in [0.1, 0.15) is 0 Å². The third-order valence-electron chi connectivity index (χ3n) is 1.89. The number of aliphatic imine (C=N–C) groups is 1. The van der Waals surface area contributed by atoms with Crippen LogP contribution in [-0.2, 0) is 4.79 Å². The summed E-state index contributed by atoms with van der Waals surface area (Å²) in [7, 11) is 0. The van der Waals surface area contributed by atoms with Gasteiger partial charge in [0, 0.05) is 11.5 Å². The highest BCUT2D eigenvalue weighted by atomic mass is 16.1. The SMILES string of the molecule is O=C=Nc1cc(=O)[nH]c2ccccc12. The lowest BCUT2D eigenvalue weighted by molar-refractivity contribution is 0.565. The number of nitrogens with one attached hydrogen (secondary N) is 1. The Balaban J connectivity index is 2.93. The molecule has 0 spiro atoms. The van der Waals surface area contributed by atoms with E-state index >= 15 is 0 Å². The molecule has 0 fully saturated rings. The molecule has 2 rings (SSSR count). The highest BCUT2D eigenvalue weighted by molar-refractivity contribution is 5.89. The predicted molar refractivity (Wildman–Crippen MR) is 52.4 cm³/mol. The zero-order valence-corrected chi connectivity index (χ0v) is 7.15. The lowest BCUT2D eigenvalue weighted by Crippen LogP contribution is -2.02. The van der Waals surface area contributed by atoms with Crippen molar-refractivity contribution in [3.8, 4) is 0 Å². The first-order valence-corrected chi connectivity index (χ1v) is 4.01. The predicted octanol–water partition coefficient (Wildman–Crippen LogP) is 1.50. The number of hydrogen-bond donors (Lipinski definition) is 1. The number of rotatable bonds is 1. The van der Waals surface area contributed by atoms with Crippen molar-refractivity contribution >= 4 is 22.7 Å². The average molecular weight is 186 g/mol. The van der Waals surface area contributed by atoms with Gasteiger partial charge in [-0.15, -0.1) is 0 Å². The van der Waals surface area contributed by atoms with Gasteiger partial charge in [-0.05, 0) is 6.07 Å². The summed E-state index contributed by atoms with van der Waals surface area (Å²) < 4.78 is 0. The number of aromatic nitrogens is 1. The molecule has 0 aliphatic carbocycles. The minimum atomic E-state index is -0.280. The van der Waals surface area contributed by atoms with E-state index in [-0.39, 0.29) is 5.56 Å². The summed E-state index contributed by atoms with van der Waals surface area (Å²) in [6.07, 6.45) is 1.43. The molecule has 4 heteroatoms. The van der Waals surface area contributed by atoms with Gasteiger partial charge in [-0.25, -0.2) is 4.79 Å². The van der Waals surface area contributed by atoms with Gasteiger partial charge in [-0.3, -0.25) is 4.79 Å². The van der Waals surface area contributed by atoms with E-state index in [4.69, 9.17) is 0 Å². The van der Waals surface area contributed by atoms with Crippen LogP contribution < -0.4 is 5.56 Å². The molecule has 1 aromatic carbocycles. The van der Waals surface area contributed by atoms with E-state index in [9.17, 15) is 9.59 Å². The second-order valence-corrected chi connectivity index (χ2v) is 2.77. The molecule has 1 aromatic heterocycles. The first kappa shape index (κ1) is 8.41. The number of hydrogen-bond acceptors (Lipinski definition) is 3. The van der Waals surface area contributed by atoms with Crippen molar-refractivity contribution in [1.29, 1.82) is 0 Å². The van der Waals surface area contributed by atoms with Crippen LogP contribution in [0.3, 0.4) is 0 Å². The van der Waals surface area contributed by atoms with Crippen LogP contribution in [0, 0.1) is 0 Å². The van der Waals surface area contributed by atoms with Crippen LogP contribution in [0.4, 0.5) is 5.69 Å². The summed E-state index contributed by atoms with van der Waals surface area (Å²) in [6, 6.07) is 8.41. The molecule has 14 heavy (non-hydrogen) atoms. The first-order valence-electron chi connectivity index (χ1n) is 4.01. The fourth-order valence-corrected chi connectivity index (χ4v) is 1.33. The van der Waals surface area contributed by atoms with Crippen LogP contribution in [0.5, 0.6) is 0 Å². The Morgan fingerprint density at radius 3 is 2.86 bits per heavy atom. The number of para-hydroxylation sites is 1. The van der Waals surface area contributed by atoms with Crippen LogP contribution in [0.1, 0.15) is 0 Å². The van der Waals surface area contributed by atoms with Crippen molar-refractivity contribution in [2.45, 2.75) is 0 Å². The number of H-pyrrole nitrogens is 1. The summed E-state index contributed by atoms with van der Waals surface area (Å²) in [5.41, 5.74) is 0.728. The normalized spacial score (nSPS) is 9.71. The van der Waals surface area contributed by atoms with Gasteiger partial charge in [-0.1, -0.05) is 18.2 Å². The van der Waals surface area contributed by atoms with Crippen molar-refractivity contribution < 1.29 is 4.79 Å². The molecule has 4 nitrogen and oxygen atoms in total. The number of aromatic amines is 1. The van der Waals surface area contributed by atoms with E-state index in [2.05, 4.69) is 9.98 Å². The highest BCUT2D eigenvalue weighted by Crippen LogP contribution is 2.21. The number of benzene rings is 1. The summed E-state index contributed by atoms with van der Waals surface area (Å²) in [4.78, 5) is 27.4. The van der Waals surface area contributed by atoms with Crippen molar-refractivity contribution in [3.63, 3.8) is 0 Å². The van der Waals surface area contributed by atoms with Crippen LogP contribution in [-0.4, -0.2) is 11.1 Å². The molecular formula is C10H6N2O2. The number of carbonyl (C=O) groups excluding carboxylic acids is 1. The molecule has 0 saturated carbocycles. The fourth-order valence-electron chi connectivity index (χ4n) is 1.33. The largest absolute Gasteiger partial charge is 0.322 e. The Bertz CT molecular complexity index is 580. The smallest absolute Gasteiger partial charge is 0.250 e. The quantitative estimate of drug-likeness (QED) is 0.541. The van der Waals surface area contributed by atoms with Gasteiger partial charge >= 0.3 is 0 Å². The van der Waals surface area contributed by atoms with Crippen molar-refractivity contribution in [2.75, 3.05) is 0 Å². The standard InChI is InChI=1S/C10H6N2O2/c13-6-11-9-5-10(14)12-8-4-2-1-3-7(8)9/h1-5H,(H,12,14). The molecule has 1 N–H and O–H groups in total. The Morgan fingerprint density at radius 2 is 2.07 bits per heavy atom. The molecule has 0 aliphatic rings. The molecule has 0 unspecified atom stereocenters. The maximum absolute atomic E-state index is 11.1. The molecule has 0 atom stereocenters. The van der Waals surface area contributed by atoms with Crippen molar-refractivity contribution in [2.24, 2.45) is 4.99 Å². The molecule has 2 aromatic rings. The molecule has 0 aliphatic heterocycles. The zero-order valence-electron chi connectivity index (χ0n) is 7.15. The van der Waals surface area contributed by atoms with E-state index < -0.39 is 0 Å².